The summed E-state index contributed by atoms with van der Waals surface area (Å²) in [5.41, 5.74) is 0. The second kappa shape index (κ2) is 8.52. The monoisotopic (exact) mass is 186 g/mol. The summed E-state index contributed by atoms with van der Waals surface area (Å²) in [5.74, 6) is 0. The average Bonchev–Trinajstić information content (AvgIpc) is 2.08. The van der Waals surface area contributed by atoms with Crippen molar-refractivity contribution in [2.45, 2.75) is 32.6 Å². The Labute approximate surface area is 83.9 Å². The minimum Gasteiger partial charge on any atom is -0.309 e. The number of nitrogens with zero attached hydrogens (tertiary/aromatic N) is 2. The van der Waals surface area contributed by atoms with E-state index in [1.807, 2.05) is 0 Å². The predicted octanol–water partition coefficient (Wildman–Crippen LogP) is 2.06. The van der Waals surface area contributed by atoms with Gasteiger partial charge in [0.15, 0.2) is 0 Å². The van der Waals surface area contributed by atoms with Gasteiger partial charge in [0.05, 0.1) is 0 Å². The quantitative estimate of drug-likeness (QED) is 0.535. The molecule has 0 fully saturated rings. The molecule has 2 heteroatoms. The first-order chi connectivity index (χ1) is 6.16. The first kappa shape index (κ1) is 12.9. The van der Waals surface area contributed by atoms with Crippen molar-refractivity contribution in [3.63, 3.8) is 0 Å². The highest BCUT2D eigenvalue weighted by atomic mass is 15.1. The number of hydrogen-bond donors (Lipinski definition) is 0. The summed E-state index contributed by atoms with van der Waals surface area (Å²) in [6, 6.07) is 0. The van der Waals surface area contributed by atoms with Crippen LogP contribution in [-0.4, -0.2) is 50.6 Å². The predicted molar refractivity (Wildman–Crippen MR) is 60.2 cm³/mol. The highest BCUT2D eigenvalue weighted by molar-refractivity contribution is 4.53. The standard InChI is InChI=1S/C11H26N2/c1-5-6-10-13(4)11-8-7-9-12(2)3/h5-11H2,1-4H3. The Bertz CT molecular complexity index is 102. The number of hydrogen-bond acceptors (Lipinski definition) is 2. The van der Waals surface area contributed by atoms with Crippen molar-refractivity contribution in [2.24, 2.45) is 0 Å². The zero-order valence-corrected chi connectivity index (χ0v) is 9.84. The lowest BCUT2D eigenvalue weighted by atomic mass is 10.2. The first-order valence-electron chi connectivity index (χ1n) is 5.50. The summed E-state index contributed by atoms with van der Waals surface area (Å²) < 4.78 is 0. The fraction of sp³-hybridized carbons (Fsp3) is 1.00. The van der Waals surface area contributed by atoms with E-state index in [4.69, 9.17) is 0 Å². The molecular weight excluding hydrogens is 160 g/mol. The molecule has 0 radical (unpaired) electrons. The van der Waals surface area contributed by atoms with Crippen LogP contribution in [0, 0.1) is 0 Å². The fourth-order valence-electron chi connectivity index (χ4n) is 1.35. The van der Waals surface area contributed by atoms with Crippen molar-refractivity contribution in [1.82, 2.24) is 9.80 Å². The van der Waals surface area contributed by atoms with E-state index in [9.17, 15) is 0 Å². The molecule has 0 saturated carbocycles. The van der Waals surface area contributed by atoms with E-state index < -0.39 is 0 Å². The molecule has 0 rings (SSSR count). The summed E-state index contributed by atoms with van der Waals surface area (Å²) in [4.78, 5) is 4.70. The van der Waals surface area contributed by atoms with Crippen LogP contribution < -0.4 is 0 Å². The minimum atomic E-state index is 1.22. The Morgan fingerprint density at radius 1 is 0.769 bits per heavy atom. The maximum Gasteiger partial charge on any atom is -0.00213 e. The molecule has 0 aromatic heterocycles. The summed E-state index contributed by atoms with van der Waals surface area (Å²) in [6.07, 6.45) is 5.30. The van der Waals surface area contributed by atoms with Gasteiger partial charge in [-0.25, -0.2) is 0 Å². The molecule has 2 nitrogen and oxygen atoms in total. The Morgan fingerprint density at radius 3 is 1.85 bits per heavy atom. The van der Waals surface area contributed by atoms with E-state index in [2.05, 4.69) is 37.9 Å². The molecule has 0 spiro atoms. The second-order valence-corrected chi connectivity index (χ2v) is 4.17. The molecule has 0 aliphatic heterocycles. The van der Waals surface area contributed by atoms with Crippen molar-refractivity contribution >= 4 is 0 Å². The lowest BCUT2D eigenvalue weighted by Gasteiger charge is -2.16. The molecule has 80 valence electrons. The Morgan fingerprint density at radius 2 is 1.31 bits per heavy atom. The van der Waals surface area contributed by atoms with Crippen LogP contribution in [0.25, 0.3) is 0 Å². The van der Waals surface area contributed by atoms with Crippen LogP contribution in [0.15, 0.2) is 0 Å². The van der Waals surface area contributed by atoms with Crippen LogP contribution in [0.2, 0.25) is 0 Å². The molecule has 0 aromatic carbocycles. The normalized spacial score (nSPS) is 11.5. The van der Waals surface area contributed by atoms with E-state index >= 15 is 0 Å². The van der Waals surface area contributed by atoms with Gasteiger partial charge in [-0.3, -0.25) is 0 Å². The molecule has 0 amide bonds. The van der Waals surface area contributed by atoms with Crippen LogP contribution in [0.3, 0.4) is 0 Å². The number of rotatable bonds is 8. The van der Waals surface area contributed by atoms with Gasteiger partial charge in [-0.05, 0) is 60.0 Å². The van der Waals surface area contributed by atoms with Crippen molar-refractivity contribution in [1.29, 1.82) is 0 Å². The van der Waals surface area contributed by atoms with E-state index in [0.717, 1.165) is 0 Å². The van der Waals surface area contributed by atoms with Gasteiger partial charge in [0.25, 0.3) is 0 Å². The molecule has 0 aliphatic rings. The molecule has 0 saturated heterocycles. The van der Waals surface area contributed by atoms with Gasteiger partial charge in [0.1, 0.15) is 0 Å². The first-order valence-corrected chi connectivity index (χ1v) is 5.50. The third-order valence-electron chi connectivity index (χ3n) is 2.29. The van der Waals surface area contributed by atoms with Gasteiger partial charge in [0.2, 0.25) is 0 Å². The lowest BCUT2D eigenvalue weighted by molar-refractivity contribution is 0.307. The molecule has 0 heterocycles. The minimum absolute atomic E-state index is 1.22. The third-order valence-corrected chi connectivity index (χ3v) is 2.29. The SMILES string of the molecule is CCCCN(C)CCCCN(C)C. The van der Waals surface area contributed by atoms with Crippen LogP contribution in [-0.2, 0) is 0 Å². The van der Waals surface area contributed by atoms with Crippen LogP contribution in [0.1, 0.15) is 32.6 Å². The zero-order chi connectivity index (χ0) is 10.1. The molecule has 0 atom stereocenters. The molecule has 0 aromatic rings. The third kappa shape index (κ3) is 9.84. The highest BCUT2D eigenvalue weighted by Gasteiger charge is 1.97. The van der Waals surface area contributed by atoms with Gasteiger partial charge in [-0.1, -0.05) is 13.3 Å². The van der Waals surface area contributed by atoms with E-state index in [1.54, 1.807) is 0 Å². The van der Waals surface area contributed by atoms with Crippen molar-refractivity contribution in [2.75, 3.05) is 40.8 Å². The van der Waals surface area contributed by atoms with Gasteiger partial charge in [0, 0.05) is 0 Å². The van der Waals surface area contributed by atoms with Crippen LogP contribution in [0.5, 0.6) is 0 Å². The summed E-state index contributed by atoms with van der Waals surface area (Å²) in [6.45, 7) is 5.99. The molecule has 13 heavy (non-hydrogen) atoms. The lowest BCUT2D eigenvalue weighted by Crippen LogP contribution is -2.22. The van der Waals surface area contributed by atoms with Gasteiger partial charge >= 0.3 is 0 Å². The highest BCUT2D eigenvalue weighted by Crippen LogP contribution is 1.96. The molecule has 0 unspecified atom stereocenters. The Balaban J connectivity index is 3.12. The van der Waals surface area contributed by atoms with Crippen LogP contribution in [0.4, 0.5) is 0 Å². The summed E-state index contributed by atoms with van der Waals surface area (Å²) in [5, 5.41) is 0. The Kier molecular flexibility index (Phi) is 8.46. The van der Waals surface area contributed by atoms with E-state index in [-0.39, 0.29) is 0 Å². The maximum atomic E-state index is 2.44. The Hall–Kier alpha value is -0.0800. The van der Waals surface area contributed by atoms with Crippen molar-refractivity contribution in [3.05, 3.63) is 0 Å². The van der Waals surface area contributed by atoms with Gasteiger partial charge < -0.3 is 9.80 Å². The molecule has 0 N–H and O–H groups in total. The maximum absolute atomic E-state index is 2.44. The summed E-state index contributed by atoms with van der Waals surface area (Å²) >= 11 is 0. The van der Waals surface area contributed by atoms with Crippen LogP contribution >= 0.6 is 0 Å². The number of unbranched alkanes of at least 4 members (excludes halogenated alkanes) is 2. The van der Waals surface area contributed by atoms with Crippen molar-refractivity contribution in [3.8, 4) is 0 Å². The smallest absolute Gasteiger partial charge is 0.00213 e. The van der Waals surface area contributed by atoms with E-state index in [1.165, 1.54) is 45.3 Å². The summed E-state index contributed by atoms with van der Waals surface area (Å²) in [7, 11) is 6.51. The fourth-order valence-corrected chi connectivity index (χ4v) is 1.35. The second-order valence-electron chi connectivity index (χ2n) is 4.17. The molecule has 0 aliphatic carbocycles. The van der Waals surface area contributed by atoms with E-state index in [0.29, 0.717) is 0 Å². The largest absolute Gasteiger partial charge is 0.309 e. The molecule has 0 bridgehead atoms. The molecular formula is C11H26N2. The van der Waals surface area contributed by atoms with Crippen molar-refractivity contribution < 1.29 is 0 Å². The average molecular weight is 186 g/mol. The van der Waals surface area contributed by atoms with Gasteiger partial charge in [-0.15, -0.1) is 0 Å². The van der Waals surface area contributed by atoms with Gasteiger partial charge in [-0.2, -0.15) is 0 Å². The zero-order valence-electron chi connectivity index (χ0n) is 9.84. The topological polar surface area (TPSA) is 6.48 Å².